The number of aliphatic hydroxyl groups is 1. The molecule has 0 bridgehead atoms. The van der Waals surface area contributed by atoms with Crippen molar-refractivity contribution in [2.24, 2.45) is 7.05 Å². The van der Waals surface area contributed by atoms with Gasteiger partial charge in [0.1, 0.15) is 11.6 Å². The number of carbonyl (C=O) groups excluding carboxylic acids is 1. The summed E-state index contributed by atoms with van der Waals surface area (Å²) in [5.74, 6) is 0.208. The highest BCUT2D eigenvalue weighted by Gasteiger charge is 2.56. The van der Waals surface area contributed by atoms with Gasteiger partial charge in [-0.15, -0.1) is 0 Å². The standard InChI is InChI=1S/C24H27FN4O5S/c1-27-19-10-17(34-2)7-8-18(19)21-22(27)20(11-30)29(35(3,32)33)14-24(21)12-28(13-24)23(31)26-16-6-4-5-15(25)9-16/h4-10,20,30H,11-14H2,1-3H3,(H,26,31)/t20-/m0/s1. The minimum Gasteiger partial charge on any atom is -0.497 e. The van der Waals surface area contributed by atoms with Gasteiger partial charge in [-0.3, -0.25) is 0 Å². The van der Waals surface area contributed by atoms with E-state index in [0.717, 1.165) is 22.7 Å². The van der Waals surface area contributed by atoms with Crippen molar-refractivity contribution < 1.29 is 27.4 Å². The Morgan fingerprint density at radius 2 is 1.97 bits per heavy atom. The first kappa shape index (κ1) is 23.6. The van der Waals surface area contributed by atoms with Crippen LogP contribution in [-0.2, 0) is 22.5 Å². The molecule has 1 atom stereocenters. The van der Waals surface area contributed by atoms with E-state index < -0.39 is 27.3 Å². The second-order valence-electron chi connectivity index (χ2n) is 9.29. The van der Waals surface area contributed by atoms with Gasteiger partial charge in [-0.05, 0) is 35.9 Å². The highest BCUT2D eigenvalue weighted by Crippen LogP contribution is 2.50. The zero-order valence-corrected chi connectivity index (χ0v) is 20.5. The van der Waals surface area contributed by atoms with E-state index in [4.69, 9.17) is 4.74 Å². The first-order valence-corrected chi connectivity index (χ1v) is 13.0. The molecule has 1 fully saturated rings. The number of carbonyl (C=O) groups is 1. The van der Waals surface area contributed by atoms with Crippen molar-refractivity contribution in [1.82, 2.24) is 13.8 Å². The molecule has 3 heterocycles. The summed E-state index contributed by atoms with van der Waals surface area (Å²) in [4.78, 5) is 14.5. The maximum atomic E-state index is 13.5. The monoisotopic (exact) mass is 502 g/mol. The number of halogens is 1. The number of fused-ring (bicyclic) bond motifs is 4. The Morgan fingerprint density at radius 1 is 1.23 bits per heavy atom. The SMILES string of the molecule is COc1ccc2c3c(n(C)c2c1)[C@H](CO)N(S(C)(=O)=O)CC31CN(C(=O)Nc2cccc(F)c2)C1. The fraction of sp³-hybridized carbons (Fsp3) is 0.375. The molecule has 1 saturated heterocycles. The van der Waals surface area contributed by atoms with Gasteiger partial charge in [-0.25, -0.2) is 17.6 Å². The number of rotatable bonds is 4. The Bertz CT molecular complexity index is 1430. The summed E-state index contributed by atoms with van der Waals surface area (Å²) in [7, 11) is -0.240. The molecule has 186 valence electrons. The normalized spacial score (nSPS) is 19.5. The molecule has 1 spiro atoms. The van der Waals surface area contributed by atoms with Gasteiger partial charge in [0.2, 0.25) is 10.0 Å². The summed E-state index contributed by atoms with van der Waals surface area (Å²) < 4.78 is 47.7. The predicted octanol–water partition coefficient (Wildman–Crippen LogP) is 2.42. The van der Waals surface area contributed by atoms with E-state index in [-0.39, 0.29) is 32.3 Å². The molecule has 0 saturated carbocycles. The Kier molecular flexibility index (Phi) is 5.53. The lowest BCUT2D eigenvalue weighted by molar-refractivity contribution is 0.0523. The van der Waals surface area contributed by atoms with Crippen molar-refractivity contribution in [2.45, 2.75) is 11.5 Å². The number of nitrogens with zero attached hydrogens (tertiary/aromatic N) is 3. The number of aliphatic hydroxyl groups excluding tert-OH is 1. The summed E-state index contributed by atoms with van der Waals surface area (Å²) in [6.07, 6.45) is 1.13. The number of urea groups is 1. The lowest BCUT2D eigenvalue weighted by Gasteiger charge is -2.55. The van der Waals surface area contributed by atoms with E-state index in [0.29, 0.717) is 17.1 Å². The fourth-order valence-corrected chi connectivity index (χ4v) is 6.63. The summed E-state index contributed by atoms with van der Waals surface area (Å²) in [5, 5.41) is 13.9. The molecule has 11 heteroatoms. The quantitative estimate of drug-likeness (QED) is 0.570. The van der Waals surface area contributed by atoms with Gasteiger partial charge in [0.15, 0.2) is 0 Å². The van der Waals surface area contributed by atoms with Crippen LogP contribution in [0.1, 0.15) is 17.3 Å². The predicted molar refractivity (Wildman–Crippen MR) is 130 cm³/mol. The van der Waals surface area contributed by atoms with Crippen LogP contribution in [0.3, 0.4) is 0 Å². The zero-order valence-electron chi connectivity index (χ0n) is 19.7. The molecular formula is C24H27FN4O5S. The van der Waals surface area contributed by atoms with Crippen molar-refractivity contribution in [3.63, 3.8) is 0 Å². The molecule has 1 aromatic heterocycles. The first-order chi connectivity index (χ1) is 16.6. The summed E-state index contributed by atoms with van der Waals surface area (Å²) >= 11 is 0. The van der Waals surface area contributed by atoms with E-state index in [2.05, 4.69) is 5.32 Å². The van der Waals surface area contributed by atoms with Crippen LogP contribution in [0.25, 0.3) is 10.9 Å². The number of likely N-dealkylation sites (tertiary alicyclic amines) is 1. The maximum Gasteiger partial charge on any atom is 0.321 e. The second-order valence-corrected chi connectivity index (χ2v) is 11.2. The molecule has 2 amide bonds. The molecule has 0 radical (unpaired) electrons. The number of hydrogen-bond donors (Lipinski definition) is 2. The van der Waals surface area contributed by atoms with Gasteiger partial charge >= 0.3 is 6.03 Å². The lowest BCUT2D eigenvalue weighted by atomic mass is 9.69. The van der Waals surface area contributed by atoms with Gasteiger partial charge in [0.05, 0.1) is 31.5 Å². The topological polar surface area (TPSA) is 104 Å². The van der Waals surface area contributed by atoms with E-state index in [9.17, 15) is 22.7 Å². The molecular weight excluding hydrogens is 475 g/mol. The van der Waals surface area contributed by atoms with Crippen molar-refractivity contribution in [1.29, 1.82) is 0 Å². The Balaban J connectivity index is 1.57. The van der Waals surface area contributed by atoms with Gasteiger partial charge < -0.3 is 24.6 Å². The smallest absolute Gasteiger partial charge is 0.321 e. The summed E-state index contributed by atoms with van der Waals surface area (Å²) in [5.41, 5.74) is 2.18. The van der Waals surface area contributed by atoms with Crippen LogP contribution in [-0.4, -0.2) is 72.9 Å². The van der Waals surface area contributed by atoms with Gasteiger partial charge in [0, 0.05) is 54.9 Å². The molecule has 2 N–H and O–H groups in total. The second kappa shape index (κ2) is 8.21. The largest absolute Gasteiger partial charge is 0.497 e. The van der Waals surface area contributed by atoms with E-state index in [1.54, 1.807) is 18.1 Å². The van der Waals surface area contributed by atoms with Gasteiger partial charge in [0.25, 0.3) is 0 Å². The van der Waals surface area contributed by atoms with Crippen LogP contribution in [0, 0.1) is 5.82 Å². The third-order valence-corrected chi connectivity index (χ3v) is 8.29. The lowest BCUT2D eigenvalue weighted by Crippen LogP contribution is -2.68. The molecule has 2 aliphatic heterocycles. The van der Waals surface area contributed by atoms with Crippen molar-refractivity contribution in [3.05, 3.63) is 59.5 Å². The number of amides is 2. The number of ether oxygens (including phenoxy) is 1. The minimum absolute atomic E-state index is 0.138. The Morgan fingerprint density at radius 3 is 2.60 bits per heavy atom. The third-order valence-electron chi connectivity index (χ3n) is 7.05. The van der Waals surface area contributed by atoms with Crippen molar-refractivity contribution >= 4 is 32.6 Å². The zero-order chi connectivity index (χ0) is 25.1. The Hall–Kier alpha value is -3.15. The van der Waals surface area contributed by atoms with Gasteiger partial charge in [-0.1, -0.05) is 6.07 Å². The molecule has 0 aliphatic carbocycles. The highest BCUT2D eigenvalue weighted by molar-refractivity contribution is 7.88. The fourth-order valence-electron chi connectivity index (χ4n) is 5.52. The highest BCUT2D eigenvalue weighted by atomic mass is 32.2. The van der Waals surface area contributed by atoms with Crippen LogP contribution >= 0.6 is 0 Å². The van der Waals surface area contributed by atoms with E-state index in [1.165, 1.54) is 22.5 Å². The molecule has 2 aromatic carbocycles. The number of benzene rings is 2. The molecule has 9 nitrogen and oxygen atoms in total. The molecule has 2 aliphatic rings. The number of aryl methyl sites for hydroxylation is 1. The number of aromatic nitrogens is 1. The van der Waals surface area contributed by atoms with E-state index in [1.807, 2.05) is 29.8 Å². The number of sulfonamides is 1. The van der Waals surface area contributed by atoms with Gasteiger partial charge in [-0.2, -0.15) is 4.31 Å². The van der Waals surface area contributed by atoms with E-state index >= 15 is 0 Å². The molecule has 5 rings (SSSR count). The molecule has 3 aromatic rings. The maximum absolute atomic E-state index is 13.5. The number of nitrogens with one attached hydrogen (secondary N) is 1. The van der Waals surface area contributed by atoms with Crippen LogP contribution in [0.15, 0.2) is 42.5 Å². The van der Waals surface area contributed by atoms with Crippen molar-refractivity contribution in [2.75, 3.05) is 44.9 Å². The number of hydrogen-bond acceptors (Lipinski definition) is 5. The Labute approximate surface area is 202 Å². The minimum atomic E-state index is -3.66. The van der Waals surface area contributed by atoms with Crippen LogP contribution in [0.4, 0.5) is 14.9 Å². The first-order valence-electron chi connectivity index (χ1n) is 11.1. The number of methoxy groups -OCH3 is 1. The average molecular weight is 503 g/mol. The third kappa shape index (κ3) is 3.74. The summed E-state index contributed by atoms with van der Waals surface area (Å²) in [6, 6.07) is 10.2. The molecule has 0 unspecified atom stereocenters. The summed E-state index contributed by atoms with van der Waals surface area (Å²) in [6.45, 7) is 0.313. The number of anilines is 1. The van der Waals surface area contributed by atoms with Crippen LogP contribution in [0.2, 0.25) is 0 Å². The van der Waals surface area contributed by atoms with Crippen LogP contribution < -0.4 is 10.1 Å². The van der Waals surface area contributed by atoms with Crippen molar-refractivity contribution in [3.8, 4) is 5.75 Å². The average Bonchev–Trinajstić information content (AvgIpc) is 3.08. The van der Waals surface area contributed by atoms with Crippen LogP contribution in [0.5, 0.6) is 5.75 Å². The molecule has 35 heavy (non-hydrogen) atoms.